The van der Waals surface area contributed by atoms with Crippen LogP contribution in [0.1, 0.15) is 6.92 Å². The van der Waals surface area contributed by atoms with Gasteiger partial charge in [0.2, 0.25) is 10.3 Å². The summed E-state index contributed by atoms with van der Waals surface area (Å²) in [6, 6.07) is -0.841. The monoisotopic (exact) mass is 240 g/mol. The zero-order valence-electron chi connectivity index (χ0n) is 8.73. The largest absolute Gasteiger partial charge is 0.324 e. The van der Waals surface area contributed by atoms with Crippen LogP contribution in [-0.4, -0.2) is 25.2 Å². The van der Waals surface area contributed by atoms with Crippen molar-refractivity contribution in [1.82, 2.24) is 5.32 Å². The highest BCUT2D eigenvalue weighted by molar-refractivity contribution is 7.73. The summed E-state index contributed by atoms with van der Waals surface area (Å²) in [6.07, 6.45) is 4.47. The van der Waals surface area contributed by atoms with Gasteiger partial charge in [-0.25, -0.2) is 0 Å². The van der Waals surface area contributed by atoms with E-state index in [0.717, 1.165) is 0 Å². The summed E-state index contributed by atoms with van der Waals surface area (Å²) in [5.41, 5.74) is 6.35. The first-order valence-electron chi connectivity index (χ1n) is 4.50. The van der Waals surface area contributed by atoms with Crippen LogP contribution in [0.3, 0.4) is 0 Å². The topological polar surface area (TPSA) is 89.3 Å². The Balaban J connectivity index is 2.97. The van der Waals surface area contributed by atoms with Crippen LogP contribution in [0, 0.1) is 0 Å². The highest BCUT2D eigenvalue weighted by atomic mass is 32.2. The van der Waals surface area contributed by atoms with E-state index < -0.39 is 16.3 Å². The summed E-state index contributed by atoms with van der Waals surface area (Å²) < 4.78 is 21.6. The average Bonchev–Trinajstić information content (AvgIpc) is 2.20. The molecule has 0 aromatic rings. The van der Waals surface area contributed by atoms with E-state index in [1.807, 2.05) is 0 Å². The van der Waals surface area contributed by atoms with Crippen molar-refractivity contribution in [2.45, 2.75) is 13.0 Å². The van der Waals surface area contributed by atoms with E-state index in [1.54, 1.807) is 13.0 Å². The van der Waals surface area contributed by atoms with Crippen LogP contribution in [0.5, 0.6) is 0 Å². The molecule has 0 aliphatic heterocycles. The zero-order chi connectivity index (χ0) is 12.3. The summed E-state index contributed by atoms with van der Waals surface area (Å²) in [7, 11) is -2.39. The minimum absolute atomic E-state index is 0.0412. The summed E-state index contributed by atoms with van der Waals surface area (Å²) in [5, 5.41) is 2.51. The summed E-state index contributed by atoms with van der Waals surface area (Å²) in [4.78, 5) is 11.4. The van der Waals surface area contributed by atoms with E-state index >= 15 is 0 Å². The maximum absolute atomic E-state index is 11.3. The number of carbonyl (C=O) groups excluding carboxylic acids is 1. The molecule has 0 radical (unpaired) electrons. The lowest BCUT2D eigenvalue weighted by Gasteiger charge is -2.18. The molecule has 86 valence electrons. The molecule has 1 rings (SSSR count). The van der Waals surface area contributed by atoms with Gasteiger partial charge < -0.3 is 11.1 Å². The predicted molar refractivity (Wildman–Crippen MR) is 62.1 cm³/mol. The molecule has 1 aliphatic rings. The van der Waals surface area contributed by atoms with Crippen molar-refractivity contribution < 1.29 is 13.2 Å². The van der Waals surface area contributed by atoms with E-state index in [1.165, 1.54) is 12.2 Å². The summed E-state index contributed by atoms with van der Waals surface area (Å²) >= 11 is 0. The number of amides is 1. The third kappa shape index (κ3) is 2.68. The molecule has 3 N–H and O–H groups in total. The van der Waals surface area contributed by atoms with Gasteiger partial charge in [0.05, 0.1) is 10.9 Å². The lowest BCUT2D eigenvalue weighted by Crippen LogP contribution is -2.41. The molecule has 1 atom stereocenters. The Morgan fingerprint density at radius 1 is 1.56 bits per heavy atom. The van der Waals surface area contributed by atoms with Gasteiger partial charge in [0, 0.05) is 11.3 Å². The molecule has 0 bridgehead atoms. The third-order valence-electron chi connectivity index (χ3n) is 2.02. The fraction of sp³-hybridized carbons (Fsp3) is 0.200. The Bertz CT molecular complexity index is 518. The maximum Gasteiger partial charge on any atom is 0.250 e. The molecule has 16 heavy (non-hydrogen) atoms. The fourth-order valence-electron chi connectivity index (χ4n) is 1.12. The molecule has 0 fully saturated rings. The number of carbonyl (C=O) groups is 1. The predicted octanol–water partition coefficient (Wildman–Crippen LogP) is -0.489. The standard InChI is InChI=1S/C10H12N2O3S/c1-6(2)10(13)12-7-4-3-5-8(9(7)11)16(14)15/h3-5,9H,1,11H2,2H3,(H,12,13). The van der Waals surface area contributed by atoms with Crippen LogP contribution in [0.2, 0.25) is 0 Å². The second kappa shape index (κ2) is 4.91. The van der Waals surface area contributed by atoms with Gasteiger partial charge in [0.25, 0.3) is 5.91 Å². The molecule has 1 unspecified atom stereocenters. The van der Waals surface area contributed by atoms with Crippen LogP contribution in [-0.2, 0) is 15.1 Å². The van der Waals surface area contributed by atoms with Gasteiger partial charge in [-0.3, -0.25) is 4.79 Å². The van der Waals surface area contributed by atoms with Crippen molar-refractivity contribution in [3.8, 4) is 0 Å². The number of nitrogens with two attached hydrogens (primary N) is 1. The molecule has 5 nitrogen and oxygen atoms in total. The second-order valence-corrected chi connectivity index (χ2v) is 4.27. The third-order valence-corrected chi connectivity index (χ3v) is 2.79. The summed E-state index contributed by atoms with van der Waals surface area (Å²) in [6.45, 7) is 5.03. The van der Waals surface area contributed by atoms with Crippen molar-refractivity contribution >= 4 is 21.1 Å². The first kappa shape index (κ1) is 12.4. The van der Waals surface area contributed by atoms with Crippen molar-refractivity contribution in [3.05, 3.63) is 36.1 Å². The molecule has 6 heteroatoms. The molecular formula is C10H12N2O3S. The summed E-state index contributed by atoms with van der Waals surface area (Å²) in [5.74, 6) is -0.381. The van der Waals surface area contributed by atoms with Crippen LogP contribution < -0.4 is 11.1 Å². The van der Waals surface area contributed by atoms with Crippen molar-refractivity contribution in [2.24, 2.45) is 5.73 Å². The van der Waals surface area contributed by atoms with Gasteiger partial charge in [0.15, 0.2) is 0 Å². The Hall–Kier alpha value is -1.66. The number of allylic oxidation sites excluding steroid dienone is 2. The normalized spacial score (nSPS) is 19.0. The Labute approximate surface area is 94.9 Å². The number of rotatable bonds is 2. The van der Waals surface area contributed by atoms with Gasteiger partial charge in [-0.2, -0.15) is 8.42 Å². The quantitative estimate of drug-likeness (QED) is 0.503. The van der Waals surface area contributed by atoms with Crippen LogP contribution in [0.4, 0.5) is 0 Å². The van der Waals surface area contributed by atoms with E-state index in [2.05, 4.69) is 11.9 Å². The molecular weight excluding hydrogens is 228 g/mol. The van der Waals surface area contributed by atoms with Gasteiger partial charge in [-0.05, 0) is 19.1 Å². The van der Waals surface area contributed by atoms with Crippen molar-refractivity contribution in [3.63, 3.8) is 0 Å². The van der Waals surface area contributed by atoms with Gasteiger partial charge in [0.1, 0.15) is 0 Å². The highest BCUT2D eigenvalue weighted by Crippen LogP contribution is 2.06. The van der Waals surface area contributed by atoms with Gasteiger partial charge in [-0.15, -0.1) is 0 Å². The number of hydrogen-bond donors (Lipinski definition) is 2. The minimum atomic E-state index is -2.39. The molecule has 0 spiro atoms. The second-order valence-electron chi connectivity index (χ2n) is 3.33. The molecule has 0 aromatic heterocycles. The fourth-order valence-corrected chi connectivity index (χ4v) is 1.65. The minimum Gasteiger partial charge on any atom is -0.324 e. The maximum atomic E-state index is 11.3. The van der Waals surface area contributed by atoms with Crippen molar-refractivity contribution in [1.29, 1.82) is 0 Å². The smallest absolute Gasteiger partial charge is 0.250 e. The lowest BCUT2D eigenvalue weighted by molar-refractivity contribution is -0.116. The first-order chi connectivity index (χ1) is 7.43. The average molecular weight is 240 g/mol. The molecule has 0 saturated heterocycles. The van der Waals surface area contributed by atoms with Crippen molar-refractivity contribution in [2.75, 3.05) is 0 Å². The molecule has 0 saturated carbocycles. The molecule has 1 aliphatic carbocycles. The first-order valence-corrected chi connectivity index (χ1v) is 5.57. The Morgan fingerprint density at radius 2 is 2.19 bits per heavy atom. The molecule has 0 heterocycles. The lowest BCUT2D eigenvalue weighted by atomic mass is 10.1. The SMILES string of the molecule is C=C(C)C(=O)NC1=CC=CC(=S(=O)=O)C1N. The number of hydrogen-bond acceptors (Lipinski definition) is 4. The highest BCUT2D eigenvalue weighted by Gasteiger charge is 2.19. The van der Waals surface area contributed by atoms with Gasteiger partial charge >= 0.3 is 0 Å². The Morgan fingerprint density at radius 3 is 2.69 bits per heavy atom. The zero-order valence-corrected chi connectivity index (χ0v) is 9.54. The van der Waals surface area contributed by atoms with E-state index in [4.69, 9.17) is 5.73 Å². The number of nitrogens with one attached hydrogen (secondary N) is 1. The van der Waals surface area contributed by atoms with E-state index in [-0.39, 0.29) is 10.8 Å². The van der Waals surface area contributed by atoms with E-state index in [9.17, 15) is 13.2 Å². The van der Waals surface area contributed by atoms with Crippen LogP contribution in [0.15, 0.2) is 36.1 Å². The van der Waals surface area contributed by atoms with E-state index in [0.29, 0.717) is 11.3 Å². The van der Waals surface area contributed by atoms with Gasteiger partial charge in [-0.1, -0.05) is 12.7 Å². The van der Waals surface area contributed by atoms with Crippen LogP contribution >= 0.6 is 0 Å². The van der Waals surface area contributed by atoms with Crippen LogP contribution in [0.25, 0.3) is 0 Å². The molecule has 0 aromatic carbocycles. The molecule has 1 amide bonds. The Kier molecular flexibility index (Phi) is 3.81.